The Morgan fingerprint density at radius 1 is 1.50 bits per heavy atom. The van der Waals surface area contributed by atoms with Crippen molar-refractivity contribution >= 4 is 5.91 Å². The van der Waals surface area contributed by atoms with Gasteiger partial charge in [-0.1, -0.05) is 20.3 Å². The van der Waals surface area contributed by atoms with Crippen LogP contribution in [0.3, 0.4) is 0 Å². The lowest BCUT2D eigenvalue weighted by atomic mass is 10.0. The van der Waals surface area contributed by atoms with E-state index < -0.39 is 6.10 Å². The number of carbonyl (C=O) groups excluding carboxylic acids is 1. The van der Waals surface area contributed by atoms with Crippen molar-refractivity contribution < 1.29 is 9.90 Å². The lowest BCUT2D eigenvalue weighted by Gasteiger charge is -2.16. The SMILES string of the molecule is CCC(C)CC(=O)NCC(N)C(C)O. The van der Waals surface area contributed by atoms with Gasteiger partial charge in [0.05, 0.1) is 6.10 Å². The summed E-state index contributed by atoms with van der Waals surface area (Å²) in [6.07, 6.45) is 0.942. The molecule has 0 radical (unpaired) electrons. The highest BCUT2D eigenvalue weighted by molar-refractivity contribution is 5.76. The van der Waals surface area contributed by atoms with Gasteiger partial charge in [-0.05, 0) is 12.8 Å². The molecule has 0 heterocycles. The third-order valence-corrected chi connectivity index (χ3v) is 2.39. The zero-order chi connectivity index (χ0) is 11.1. The first-order valence-corrected chi connectivity index (χ1v) is 5.17. The quantitative estimate of drug-likeness (QED) is 0.578. The first kappa shape index (κ1) is 13.4. The number of carbonyl (C=O) groups is 1. The average molecular weight is 202 g/mol. The van der Waals surface area contributed by atoms with Gasteiger partial charge in [0.2, 0.25) is 5.91 Å². The fourth-order valence-electron chi connectivity index (χ4n) is 0.935. The van der Waals surface area contributed by atoms with Gasteiger partial charge in [0.25, 0.3) is 0 Å². The third-order valence-electron chi connectivity index (χ3n) is 2.39. The van der Waals surface area contributed by atoms with Gasteiger partial charge < -0.3 is 16.2 Å². The van der Waals surface area contributed by atoms with E-state index in [0.29, 0.717) is 18.9 Å². The summed E-state index contributed by atoms with van der Waals surface area (Å²) in [5, 5.41) is 11.8. The molecule has 4 N–H and O–H groups in total. The van der Waals surface area contributed by atoms with Crippen LogP contribution in [0.15, 0.2) is 0 Å². The standard InChI is InChI=1S/C10H22N2O2/c1-4-7(2)5-10(14)12-6-9(11)8(3)13/h7-9,13H,4-6,11H2,1-3H3,(H,12,14). The van der Waals surface area contributed by atoms with Crippen LogP contribution in [0.5, 0.6) is 0 Å². The molecule has 0 saturated heterocycles. The molecule has 0 rings (SSSR count). The highest BCUT2D eigenvalue weighted by atomic mass is 16.3. The molecule has 0 spiro atoms. The van der Waals surface area contributed by atoms with Crippen molar-refractivity contribution in [1.29, 1.82) is 0 Å². The number of rotatable bonds is 6. The van der Waals surface area contributed by atoms with E-state index >= 15 is 0 Å². The van der Waals surface area contributed by atoms with Crippen molar-refractivity contribution in [3.05, 3.63) is 0 Å². The average Bonchev–Trinajstić information content (AvgIpc) is 2.13. The lowest BCUT2D eigenvalue weighted by molar-refractivity contribution is -0.122. The minimum atomic E-state index is -0.584. The maximum absolute atomic E-state index is 11.3. The normalized spacial score (nSPS) is 17.2. The van der Waals surface area contributed by atoms with Crippen LogP contribution in [0.4, 0.5) is 0 Å². The van der Waals surface area contributed by atoms with E-state index in [1.165, 1.54) is 0 Å². The molecule has 4 nitrogen and oxygen atoms in total. The Morgan fingerprint density at radius 2 is 2.07 bits per heavy atom. The molecule has 0 aliphatic rings. The largest absolute Gasteiger partial charge is 0.392 e. The van der Waals surface area contributed by atoms with E-state index in [4.69, 9.17) is 10.8 Å². The van der Waals surface area contributed by atoms with E-state index in [1.54, 1.807) is 6.92 Å². The summed E-state index contributed by atoms with van der Waals surface area (Å²) in [6.45, 7) is 6.05. The lowest BCUT2D eigenvalue weighted by Crippen LogP contribution is -2.43. The summed E-state index contributed by atoms with van der Waals surface area (Å²) >= 11 is 0. The summed E-state index contributed by atoms with van der Waals surface area (Å²) in [5.74, 6) is 0.410. The van der Waals surface area contributed by atoms with Crippen LogP contribution in [0.1, 0.15) is 33.6 Å². The summed E-state index contributed by atoms with van der Waals surface area (Å²) in [7, 11) is 0. The summed E-state index contributed by atoms with van der Waals surface area (Å²) in [5.41, 5.74) is 5.56. The highest BCUT2D eigenvalue weighted by Gasteiger charge is 2.11. The molecule has 0 saturated carbocycles. The summed E-state index contributed by atoms with van der Waals surface area (Å²) < 4.78 is 0. The van der Waals surface area contributed by atoms with E-state index in [2.05, 4.69) is 12.2 Å². The van der Waals surface area contributed by atoms with E-state index in [0.717, 1.165) is 6.42 Å². The topological polar surface area (TPSA) is 75.4 Å². The van der Waals surface area contributed by atoms with Crippen molar-refractivity contribution in [3.63, 3.8) is 0 Å². The summed E-state index contributed by atoms with van der Waals surface area (Å²) in [4.78, 5) is 11.3. The molecule has 0 aliphatic heterocycles. The Kier molecular flexibility index (Phi) is 6.49. The molecule has 0 aromatic heterocycles. The van der Waals surface area contributed by atoms with Gasteiger partial charge in [0.15, 0.2) is 0 Å². The molecule has 0 bridgehead atoms. The molecule has 3 unspecified atom stereocenters. The van der Waals surface area contributed by atoms with Crippen molar-refractivity contribution in [2.75, 3.05) is 6.54 Å². The van der Waals surface area contributed by atoms with Crippen LogP contribution >= 0.6 is 0 Å². The highest BCUT2D eigenvalue weighted by Crippen LogP contribution is 2.05. The maximum atomic E-state index is 11.3. The van der Waals surface area contributed by atoms with Gasteiger partial charge in [-0.25, -0.2) is 0 Å². The van der Waals surface area contributed by atoms with Crippen LogP contribution < -0.4 is 11.1 Å². The monoisotopic (exact) mass is 202 g/mol. The van der Waals surface area contributed by atoms with E-state index in [-0.39, 0.29) is 11.9 Å². The third kappa shape index (κ3) is 5.94. The van der Waals surface area contributed by atoms with Crippen LogP contribution in [0.2, 0.25) is 0 Å². The number of nitrogens with two attached hydrogens (primary N) is 1. The number of aliphatic hydroxyl groups is 1. The van der Waals surface area contributed by atoms with Crippen LogP contribution in [-0.2, 0) is 4.79 Å². The molecular formula is C10H22N2O2. The van der Waals surface area contributed by atoms with Crippen molar-refractivity contribution in [2.24, 2.45) is 11.7 Å². The van der Waals surface area contributed by atoms with Gasteiger partial charge in [-0.2, -0.15) is 0 Å². The van der Waals surface area contributed by atoms with Gasteiger partial charge in [-0.3, -0.25) is 4.79 Å². The number of nitrogens with one attached hydrogen (secondary N) is 1. The van der Waals surface area contributed by atoms with Crippen molar-refractivity contribution in [2.45, 2.75) is 45.8 Å². The molecule has 3 atom stereocenters. The van der Waals surface area contributed by atoms with E-state index in [1.807, 2.05) is 6.92 Å². The Balaban J connectivity index is 3.64. The zero-order valence-corrected chi connectivity index (χ0v) is 9.29. The predicted octanol–water partition coefficient (Wildman–Crippen LogP) is 0.247. The van der Waals surface area contributed by atoms with Gasteiger partial charge in [-0.15, -0.1) is 0 Å². The number of aliphatic hydroxyl groups excluding tert-OH is 1. The van der Waals surface area contributed by atoms with Crippen molar-refractivity contribution in [3.8, 4) is 0 Å². The molecule has 0 fully saturated rings. The van der Waals surface area contributed by atoms with E-state index in [9.17, 15) is 4.79 Å². The smallest absolute Gasteiger partial charge is 0.220 e. The Bertz CT molecular complexity index is 172. The molecule has 4 heteroatoms. The van der Waals surface area contributed by atoms with Crippen molar-refractivity contribution in [1.82, 2.24) is 5.32 Å². The first-order valence-electron chi connectivity index (χ1n) is 5.17. The van der Waals surface area contributed by atoms with Gasteiger partial charge >= 0.3 is 0 Å². The molecule has 14 heavy (non-hydrogen) atoms. The summed E-state index contributed by atoms with van der Waals surface area (Å²) in [6, 6.07) is -0.379. The molecule has 1 amide bonds. The number of amides is 1. The molecule has 0 aromatic carbocycles. The number of hydrogen-bond donors (Lipinski definition) is 3. The fourth-order valence-corrected chi connectivity index (χ4v) is 0.935. The van der Waals surface area contributed by atoms with Crippen LogP contribution in [0, 0.1) is 5.92 Å². The zero-order valence-electron chi connectivity index (χ0n) is 9.29. The molecule has 0 aliphatic carbocycles. The van der Waals surface area contributed by atoms with Crippen LogP contribution in [-0.4, -0.2) is 29.7 Å². The van der Waals surface area contributed by atoms with Gasteiger partial charge in [0.1, 0.15) is 0 Å². The second kappa shape index (κ2) is 6.79. The Labute approximate surface area is 85.9 Å². The minimum absolute atomic E-state index is 0.00968. The Hall–Kier alpha value is -0.610. The Morgan fingerprint density at radius 3 is 2.50 bits per heavy atom. The second-order valence-corrected chi connectivity index (χ2v) is 3.93. The second-order valence-electron chi connectivity index (χ2n) is 3.93. The first-order chi connectivity index (χ1) is 6.47. The van der Waals surface area contributed by atoms with Crippen LogP contribution in [0.25, 0.3) is 0 Å². The predicted molar refractivity (Wildman–Crippen MR) is 56.7 cm³/mol. The minimum Gasteiger partial charge on any atom is -0.392 e. The maximum Gasteiger partial charge on any atom is 0.220 e. The van der Waals surface area contributed by atoms with Gasteiger partial charge in [0, 0.05) is 19.0 Å². The number of hydrogen-bond acceptors (Lipinski definition) is 3. The molecule has 84 valence electrons. The molecule has 0 aromatic rings. The fraction of sp³-hybridized carbons (Fsp3) is 0.900. The molecular weight excluding hydrogens is 180 g/mol.